The minimum Gasteiger partial charge on any atom is -0.504 e. The highest BCUT2D eigenvalue weighted by Crippen LogP contribution is 2.47. The van der Waals surface area contributed by atoms with Crippen LogP contribution in [0, 0.1) is 6.92 Å². The number of fused-ring (bicyclic) bond motifs is 1. The van der Waals surface area contributed by atoms with Crippen LogP contribution in [-0.4, -0.2) is 25.9 Å². The van der Waals surface area contributed by atoms with Crippen LogP contribution < -0.4 is 5.73 Å². The average Bonchev–Trinajstić information content (AvgIpc) is 3.20. The minimum absolute atomic E-state index is 0.0990. The minimum atomic E-state index is -0.680. The van der Waals surface area contributed by atoms with E-state index in [0.29, 0.717) is 22.1 Å². The summed E-state index contributed by atoms with van der Waals surface area (Å²) in [7, 11) is 0. The van der Waals surface area contributed by atoms with Crippen molar-refractivity contribution in [2.24, 2.45) is 10.2 Å². The zero-order valence-corrected chi connectivity index (χ0v) is 16.9. The number of nitrogens with zero attached hydrogens (tertiary/aromatic N) is 4. The first-order chi connectivity index (χ1) is 13.9. The van der Waals surface area contributed by atoms with Crippen molar-refractivity contribution in [3.8, 4) is 16.3 Å². The van der Waals surface area contributed by atoms with Gasteiger partial charge >= 0.3 is 0 Å². The van der Waals surface area contributed by atoms with Crippen LogP contribution in [0.5, 0.6) is 5.75 Å². The Morgan fingerprint density at radius 2 is 1.86 bits per heavy atom. The molecule has 1 atom stereocenters. The summed E-state index contributed by atoms with van der Waals surface area (Å²) in [6.07, 6.45) is -0.680. The van der Waals surface area contributed by atoms with E-state index in [-0.39, 0.29) is 18.1 Å². The van der Waals surface area contributed by atoms with Crippen molar-refractivity contribution in [2.45, 2.75) is 26.5 Å². The van der Waals surface area contributed by atoms with Crippen LogP contribution in [0.4, 0.5) is 17.3 Å². The van der Waals surface area contributed by atoms with Crippen LogP contribution in [0.1, 0.15) is 12.5 Å². The monoisotopic (exact) mass is 407 g/mol. The first-order valence-corrected chi connectivity index (χ1v) is 9.99. The summed E-state index contributed by atoms with van der Waals surface area (Å²) in [6.45, 7) is 3.81. The molecule has 0 saturated heterocycles. The number of aryl methyl sites for hydroxylation is 1. The van der Waals surface area contributed by atoms with E-state index in [0.717, 1.165) is 15.8 Å². The highest BCUT2D eigenvalue weighted by atomic mass is 32.1. The second-order valence-electron chi connectivity index (χ2n) is 6.91. The molecule has 0 spiro atoms. The Bertz CT molecular complexity index is 1160. The molecule has 0 amide bonds. The van der Waals surface area contributed by atoms with Crippen LogP contribution in [0.2, 0.25) is 0 Å². The smallest absolute Gasteiger partial charge is 0.200 e. The molecule has 0 aliphatic rings. The molecule has 0 bridgehead atoms. The standard InChI is InChI=1S/C21H21N5O2S/c1-12-7-9-14(10-8-12)24-25-20-18(28)17(19(22)26(20)11-13(2)27)21-23-15-5-3-4-6-16(15)29-21/h3-10,13,27-28H,11,22H2,1-2H3/t13-/m1/s1. The number of rotatable bonds is 5. The summed E-state index contributed by atoms with van der Waals surface area (Å²) < 4.78 is 2.56. The van der Waals surface area contributed by atoms with Gasteiger partial charge in [0.15, 0.2) is 11.6 Å². The summed E-state index contributed by atoms with van der Waals surface area (Å²) in [5.41, 5.74) is 9.36. The Hall–Kier alpha value is -3.23. The van der Waals surface area contributed by atoms with Crippen LogP contribution >= 0.6 is 11.3 Å². The van der Waals surface area contributed by atoms with Gasteiger partial charge in [0.05, 0.1) is 34.1 Å². The molecule has 8 heteroatoms. The number of thiazole rings is 1. The van der Waals surface area contributed by atoms with Gasteiger partial charge in [0, 0.05) is 0 Å². The van der Waals surface area contributed by atoms with Crippen molar-refractivity contribution in [3.05, 3.63) is 54.1 Å². The van der Waals surface area contributed by atoms with E-state index in [2.05, 4.69) is 15.2 Å². The molecule has 2 aromatic carbocycles. The quantitative estimate of drug-likeness (QED) is 0.397. The zero-order valence-electron chi connectivity index (χ0n) is 16.1. The maximum absolute atomic E-state index is 10.9. The van der Waals surface area contributed by atoms with Crippen molar-refractivity contribution in [1.29, 1.82) is 0 Å². The van der Waals surface area contributed by atoms with Gasteiger partial charge in [0.25, 0.3) is 0 Å². The number of hydrogen-bond acceptors (Lipinski definition) is 7. The van der Waals surface area contributed by atoms with Gasteiger partial charge in [-0.3, -0.25) is 0 Å². The lowest BCUT2D eigenvalue weighted by molar-refractivity contribution is 0.175. The number of nitrogens with two attached hydrogens (primary N) is 1. The summed E-state index contributed by atoms with van der Waals surface area (Å²) in [6, 6.07) is 15.3. The summed E-state index contributed by atoms with van der Waals surface area (Å²) in [4.78, 5) is 4.60. The van der Waals surface area contributed by atoms with Gasteiger partial charge in [-0.15, -0.1) is 21.6 Å². The number of para-hydroxylation sites is 1. The number of nitrogen functional groups attached to an aromatic ring is 1. The van der Waals surface area contributed by atoms with Crippen LogP contribution in [0.25, 0.3) is 20.8 Å². The molecule has 29 heavy (non-hydrogen) atoms. The number of aliphatic hydroxyl groups is 1. The van der Waals surface area contributed by atoms with Gasteiger partial charge in [0.2, 0.25) is 0 Å². The lowest BCUT2D eigenvalue weighted by Crippen LogP contribution is -2.13. The Morgan fingerprint density at radius 3 is 2.55 bits per heavy atom. The molecule has 2 heterocycles. The van der Waals surface area contributed by atoms with Gasteiger partial charge in [0.1, 0.15) is 10.8 Å². The Balaban J connectivity index is 1.83. The molecular formula is C21H21N5O2S. The predicted octanol–water partition coefficient (Wildman–Crippen LogP) is 5.16. The fourth-order valence-electron chi connectivity index (χ4n) is 3.07. The molecule has 4 aromatic rings. The zero-order chi connectivity index (χ0) is 20.5. The van der Waals surface area contributed by atoms with E-state index in [9.17, 15) is 10.2 Å². The van der Waals surface area contributed by atoms with Gasteiger partial charge in [-0.1, -0.05) is 29.8 Å². The predicted molar refractivity (Wildman–Crippen MR) is 116 cm³/mol. The SMILES string of the molecule is Cc1ccc(N=Nc2c(O)c(-c3nc4ccccc4s3)c(N)n2C[C@@H](C)O)cc1. The van der Waals surface area contributed by atoms with Crippen LogP contribution in [0.15, 0.2) is 58.8 Å². The summed E-state index contributed by atoms with van der Waals surface area (Å²) in [5.74, 6) is 0.386. The fourth-order valence-corrected chi connectivity index (χ4v) is 4.09. The first kappa shape index (κ1) is 19.1. The Morgan fingerprint density at radius 1 is 1.14 bits per heavy atom. The molecule has 7 nitrogen and oxygen atoms in total. The van der Waals surface area contributed by atoms with Crippen molar-refractivity contribution >= 4 is 38.9 Å². The lowest BCUT2D eigenvalue weighted by Gasteiger charge is -2.10. The molecule has 4 N–H and O–H groups in total. The highest BCUT2D eigenvalue weighted by Gasteiger charge is 2.25. The van der Waals surface area contributed by atoms with Crippen LogP contribution in [-0.2, 0) is 6.54 Å². The number of azo groups is 1. The number of hydrogen-bond donors (Lipinski definition) is 3. The van der Waals surface area contributed by atoms with Gasteiger partial charge in [-0.2, -0.15) is 0 Å². The summed E-state index contributed by atoms with van der Waals surface area (Å²) in [5, 5.41) is 29.9. The second kappa shape index (κ2) is 7.65. The van der Waals surface area contributed by atoms with E-state index in [1.54, 1.807) is 11.5 Å². The number of aromatic hydroxyl groups is 1. The van der Waals surface area contributed by atoms with Gasteiger partial charge in [-0.05, 0) is 38.1 Å². The molecule has 0 aliphatic heterocycles. The number of aliphatic hydroxyl groups excluding tert-OH is 1. The molecule has 0 fully saturated rings. The highest BCUT2D eigenvalue weighted by molar-refractivity contribution is 7.21. The normalized spacial score (nSPS) is 12.8. The van der Waals surface area contributed by atoms with Crippen molar-refractivity contribution < 1.29 is 10.2 Å². The molecule has 0 saturated carbocycles. The molecule has 0 aliphatic carbocycles. The van der Waals surface area contributed by atoms with Crippen molar-refractivity contribution in [1.82, 2.24) is 9.55 Å². The molecule has 148 valence electrons. The van der Waals surface area contributed by atoms with E-state index in [1.165, 1.54) is 11.3 Å². The molecule has 4 rings (SSSR count). The maximum atomic E-state index is 10.9. The van der Waals surface area contributed by atoms with E-state index in [1.807, 2.05) is 55.5 Å². The Labute approximate surface area is 171 Å². The topological polar surface area (TPSA) is 109 Å². The molecule has 2 aromatic heterocycles. The number of aromatic nitrogens is 2. The summed E-state index contributed by atoms with van der Waals surface area (Å²) >= 11 is 1.44. The Kier molecular flexibility index (Phi) is 5.04. The van der Waals surface area contributed by atoms with Gasteiger partial charge < -0.3 is 20.5 Å². The lowest BCUT2D eigenvalue weighted by atomic mass is 10.2. The third-order valence-electron chi connectivity index (χ3n) is 4.50. The second-order valence-corrected chi connectivity index (χ2v) is 7.95. The molecule has 0 radical (unpaired) electrons. The van der Waals surface area contributed by atoms with E-state index in [4.69, 9.17) is 5.73 Å². The van der Waals surface area contributed by atoms with E-state index >= 15 is 0 Å². The van der Waals surface area contributed by atoms with Gasteiger partial charge in [-0.25, -0.2) is 4.98 Å². The fraction of sp³-hybridized carbons (Fsp3) is 0.190. The van der Waals surface area contributed by atoms with Crippen molar-refractivity contribution in [3.63, 3.8) is 0 Å². The van der Waals surface area contributed by atoms with Crippen molar-refractivity contribution in [2.75, 3.05) is 5.73 Å². The number of anilines is 1. The van der Waals surface area contributed by atoms with Crippen LogP contribution in [0.3, 0.4) is 0 Å². The largest absolute Gasteiger partial charge is 0.504 e. The maximum Gasteiger partial charge on any atom is 0.200 e. The first-order valence-electron chi connectivity index (χ1n) is 9.17. The number of benzene rings is 2. The van der Waals surface area contributed by atoms with E-state index < -0.39 is 6.10 Å². The molecular weight excluding hydrogens is 386 g/mol. The third-order valence-corrected chi connectivity index (χ3v) is 5.55. The molecule has 0 unspecified atom stereocenters. The third kappa shape index (κ3) is 3.72. The average molecular weight is 407 g/mol.